The molecule has 3 rings (SSSR count). The molecule has 0 amide bonds. The van der Waals surface area contributed by atoms with Gasteiger partial charge in [0.1, 0.15) is 0 Å². The summed E-state index contributed by atoms with van der Waals surface area (Å²) >= 11 is 0. The lowest BCUT2D eigenvalue weighted by atomic mass is 10.0. The molecule has 0 fully saturated rings. The molecule has 4 nitrogen and oxygen atoms in total. The van der Waals surface area contributed by atoms with Crippen LogP contribution in [0.5, 0.6) is 0 Å². The molecule has 27 heavy (non-hydrogen) atoms. The minimum atomic E-state index is -3.53. The lowest BCUT2D eigenvalue weighted by Gasteiger charge is -2.17. The molecule has 0 aliphatic rings. The highest BCUT2D eigenvalue weighted by atomic mass is 31.2. The minimum absolute atomic E-state index is 0.121. The lowest BCUT2D eigenvalue weighted by molar-refractivity contribution is -0.138. The van der Waals surface area contributed by atoms with Crippen molar-refractivity contribution in [3.8, 4) is 0 Å². The fraction of sp³-hybridized carbons (Fsp3) is 0.227. The Labute approximate surface area is 158 Å². The van der Waals surface area contributed by atoms with E-state index in [0.717, 1.165) is 10.9 Å². The number of aryl methyl sites for hydroxylation is 1. The molecule has 2 atom stereocenters. The van der Waals surface area contributed by atoms with Gasteiger partial charge in [-0.05, 0) is 34.7 Å². The highest BCUT2D eigenvalue weighted by Crippen LogP contribution is 2.45. The molecule has 0 aliphatic carbocycles. The zero-order chi connectivity index (χ0) is 19.3. The molecule has 0 radical (unpaired) electrons. The van der Waals surface area contributed by atoms with E-state index in [0.29, 0.717) is 18.4 Å². The van der Waals surface area contributed by atoms with Crippen molar-refractivity contribution in [3.05, 3.63) is 83.9 Å². The summed E-state index contributed by atoms with van der Waals surface area (Å²) in [6.45, 7) is 0. The van der Waals surface area contributed by atoms with E-state index in [9.17, 15) is 19.4 Å². The predicted octanol–water partition coefficient (Wildman–Crippen LogP) is 4.91. The Morgan fingerprint density at radius 1 is 0.926 bits per heavy atom. The maximum atomic E-state index is 12.6. The molecule has 2 unspecified atom stereocenters. The van der Waals surface area contributed by atoms with Crippen molar-refractivity contribution < 1.29 is 19.4 Å². The second-order valence-electron chi connectivity index (χ2n) is 6.84. The van der Waals surface area contributed by atoms with Crippen molar-refractivity contribution in [2.75, 3.05) is 12.3 Å². The Balaban J connectivity index is 1.61. The number of aliphatic carboxylic acids is 1. The molecule has 0 bridgehead atoms. The molecule has 0 saturated heterocycles. The fourth-order valence-corrected chi connectivity index (χ4v) is 5.08. The van der Waals surface area contributed by atoms with Crippen molar-refractivity contribution in [1.82, 2.24) is 0 Å². The van der Waals surface area contributed by atoms with Crippen LogP contribution in [-0.4, -0.2) is 28.3 Å². The topological polar surface area (TPSA) is 74.6 Å². The van der Waals surface area contributed by atoms with Gasteiger partial charge in [0.25, 0.3) is 0 Å². The van der Waals surface area contributed by atoms with Crippen molar-refractivity contribution in [2.24, 2.45) is 0 Å². The summed E-state index contributed by atoms with van der Waals surface area (Å²) < 4.78 is 12.6. The number of hydrogen-bond donors (Lipinski definition) is 2. The molecule has 5 heteroatoms. The number of hydrogen-bond acceptors (Lipinski definition) is 2. The molecule has 2 N–H and O–H groups in total. The predicted molar refractivity (Wildman–Crippen MR) is 109 cm³/mol. The molecule has 0 aliphatic heterocycles. The van der Waals surface area contributed by atoms with Gasteiger partial charge in [0, 0.05) is 12.3 Å². The quantitative estimate of drug-likeness (QED) is 0.543. The first kappa shape index (κ1) is 19.3. The van der Waals surface area contributed by atoms with Gasteiger partial charge < -0.3 is 10.00 Å². The van der Waals surface area contributed by atoms with Gasteiger partial charge in [-0.1, -0.05) is 72.8 Å². The highest BCUT2D eigenvalue weighted by molar-refractivity contribution is 7.58. The first-order valence-corrected chi connectivity index (χ1v) is 11.0. The van der Waals surface area contributed by atoms with Gasteiger partial charge in [0.05, 0.1) is 5.92 Å². The first-order valence-electron chi connectivity index (χ1n) is 9.01. The third-order valence-electron chi connectivity index (χ3n) is 4.75. The Morgan fingerprint density at radius 3 is 2.30 bits per heavy atom. The number of carboxylic acids is 1. The van der Waals surface area contributed by atoms with E-state index < -0.39 is 19.3 Å². The number of fused-ring (bicyclic) bond motifs is 1. The molecule has 3 aromatic rings. The average molecular weight is 382 g/mol. The maximum Gasteiger partial charge on any atom is 0.311 e. The van der Waals surface area contributed by atoms with Gasteiger partial charge in [-0.3, -0.25) is 9.36 Å². The third kappa shape index (κ3) is 5.29. The molecule has 3 aromatic carbocycles. The molecule has 0 saturated carbocycles. The standard InChI is InChI=1S/C22H23O4P/c23-22(24)21(19-9-2-1-3-10-19)16-27(25,26)14-6-7-17-12-13-18-8-4-5-11-20(18)15-17/h1-5,8-13,15,21H,6-7,14,16H2,(H,23,24)(H,25,26). The van der Waals surface area contributed by atoms with Crippen LogP contribution in [0.1, 0.15) is 23.5 Å². The van der Waals surface area contributed by atoms with Crippen LogP contribution >= 0.6 is 7.37 Å². The molecule has 0 spiro atoms. The van der Waals surface area contributed by atoms with Crippen LogP contribution in [0, 0.1) is 0 Å². The monoisotopic (exact) mass is 382 g/mol. The van der Waals surface area contributed by atoms with Crippen LogP contribution in [0.2, 0.25) is 0 Å². The first-order chi connectivity index (χ1) is 12.9. The van der Waals surface area contributed by atoms with E-state index in [1.165, 1.54) is 5.39 Å². The number of carboxylic acid groups (broad SMARTS) is 1. The average Bonchev–Trinajstić information content (AvgIpc) is 2.66. The Hall–Kier alpha value is -2.42. The molecule has 0 heterocycles. The Morgan fingerprint density at radius 2 is 1.59 bits per heavy atom. The minimum Gasteiger partial charge on any atom is -0.481 e. The van der Waals surface area contributed by atoms with Crippen molar-refractivity contribution in [1.29, 1.82) is 0 Å². The van der Waals surface area contributed by atoms with Crippen LogP contribution in [0.4, 0.5) is 0 Å². The highest BCUT2D eigenvalue weighted by Gasteiger charge is 2.29. The van der Waals surface area contributed by atoms with E-state index >= 15 is 0 Å². The zero-order valence-electron chi connectivity index (χ0n) is 15.0. The van der Waals surface area contributed by atoms with E-state index in [4.69, 9.17) is 0 Å². The SMILES string of the molecule is O=C(O)C(CP(=O)(O)CCCc1ccc2ccccc2c1)c1ccccc1. The second kappa shape index (κ2) is 8.51. The Kier molecular flexibility index (Phi) is 6.10. The van der Waals surface area contributed by atoms with Gasteiger partial charge in [-0.2, -0.15) is 0 Å². The largest absolute Gasteiger partial charge is 0.481 e. The summed E-state index contributed by atoms with van der Waals surface area (Å²) in [6, 6.07) is 22.9. The summed E-state index contributed by atoms with van der Waals surface area (Å²) in [4.78, 5) is 21.9. The number of benzene rings is 3. The normalized spacial score (nSPS) is 14.6. The van der Waals surface area contributed by atoms with Gasteiger partial charge in [0.15, 0.2) is 0 Å². The van der Waals surface area contributed by atoms with E-state index in [-0.39, 0.29) is 12.3 Å². The zero-order valence-corrected chi connectivity index (χ0v) is 15.9. The molecule has 140 valence electrons. The van der Waals surface area contributed by atoms with E-state index in [2.05, 4.69) is 18.2 Å². The third-order valence-corrected chi connectivity index (χ3v) is 6.71. The van der Waals surface area contributed by atoms with E-state index in [1.54, 1.807) is 30.3 Å². The maximum absolute atomic E-state index is 12.6. The van der Waals surface area contributed by atoms with Gasteiger partial charge >= 0.3 is 5.97 Å². The molecular formula is C22H23O4P. The van der Waals surface area contributed by atoms with Crippen LogP contribution in [0.25, 0.3) is 10.8 Å². The van der Waals surface area contributed by atoms with E-state index in [1.807, 2.05) is 24.3 Å². The van der Waals surface area contributed by atoms with Gasteiger partial charge in [-0.15, -0.1) is 0 Å². The lowest BCUT2D eigenvalue weighted by Crippen LogP contribution is -2.17. The summed E-state index contributed by atoms with van der Waals surface area (Å²) in [6.07, 6.45) is 1.13. The summed E-state index contributed by atoms with van der Waals surface area (Å²) in [5, 5.41) is 11.8. The summed E-state index contributed by atoms with van der Waals surface area (Å²) in [5.74, 6) is -2.02. The van der Waals surface area contributed by atoms with Crippen molar-refractivity contribution >= 4 is 24.1 Å². The fourth-order valence-electron chi connectivity index (χ4n) is 3.31. The van der Waals surface area contributed by atoms with Gasteiger partial charge in [-0.25, -0.2) is 0 Å². The molecular weight excluding hydrogens is 359 g/mol. The van der Waals surface area contributed by atoms with Gasteiger partial charge in [0.2, 0.25) is 7.37 Å². The van der Waals surface area contributed by atoms with Crippen LogP contribution in [-0.2, 0) is 15.8 Å². The van der Waals surface area contributed by atoms with Crippen molar-refractivity contribution in [2.45, 2.75) is 18.8 Å². The summed E-state index contributed by atoms with van der Waals surface area (Å²) in [5.41, 5.74) is 1.68. The molecule has 0 aromatic heterocycles. The van der Waals surface area contributed by atoms with Crippen LogP contribution in [0.3, 0.4) is 0 Å². The van der Waals surface area contributed by atoms with Crippen LogP contribution in [0.15, 0.2) is 72.8 Å². The summed E-state index contributed by atoms with van der Waals surface area (Å²) in [7, 11) is -3.53. The smallest absolute Gasteiger partial charge is 0.311 e. The second-order valence-corrected chi connectivity index (χ2v) is 9.34. The number of carbonyl (C=O) groups is 1. The number of rotatable bonds is 8. The Bertz CT molecular complexity index is 968. The van der Waals surface area contributed by atoms with Crippen LogP contribution < -0.4 is 0 Å². The van der Waals surface area contributed by atoms with Crippen molar-refractivity contribution in [3.63, 3.8) is 0 Å².